The molecule has 0 saturated heterocycles. The summed E-state index contributed by atoms with van der Waals surface area (Å²) in [6.45, 7) is 1.07. The molecule has 2 N–H and O–H groups in total. The monoisotopic (exact) mass is 239 g/mol. The number of hydrogen-bond acceptors (Lipinski definition) is 4. The van der Waals surface area contributed by atoms with E-state index in [1.807, 2.05) is 18.2 Å². The van der Waals surface area contributed by atoms with Gasteiger partial charge in [0.1, 0.15) is 5.75 Å². The number of rotatable bonds is 8. The summed E-state index contributed by atoms with van der Waals surface area (Å²) in [4.78, 5) is 11.3. The Labute approximate surface area is 100 Å². The first kappa shape index (κ1) is 13.5. The number of nitrogens with one attached hydrogen (secondary N) is 1. The van der Waals surface area contributed by atoms with Crippen molar-refractivity contribution in [2.45, 2.75) is 0 Å². The third-order valence-electron chi connectivity index (χ3n) is 1.92. The maximum absolute atomic E-state index is 11.3. The average molecular weight is 239 g/mol. The lowest BCUT2D eigenvalue weighted by molar-refractivity contribution is -0.123. The van der Waals surface area contributed by atoms with Crippen LogP contribution < -0.4 is 10.1 Å². The van der Waals surface area contributed by atoms with Crippen LogP contribution in [0.5, 0.6) is 5.75 Å². The third kappa shape index (κ3) is 6.55. The molecule has 0 aliphatic heterocycles. The molecule has 0 unspecified atom stereocenters. The van der Waals surface area contributed by atoms with Gasteiger partial charge in [0.15, 0.2) is 6.61 Å². The lowest BCUT2D eigenvalue weighted by Gasteiger charge is -2.07. The molecule has 17 heavy (non-hydrogen) atoms. The van der Waals surface area contributed by atoms with E-state index < -0.39 is 0 Å². The number of carbonyl (C=O) groups is 1. The molecule has 0 aliphatic carbocycles. The molecule has 1 amide bonds. The number of benzene rings is 1. The zero-order valence-corrected chi connectivity index (χ0v) is 9.59. The fourth-order valence-corrected chi connectivity index (χ4v) is 1.15. The largest absolute Gasteiger partial charge is 0.484 e. The van der Waals surface area contributed by atoms with Crippen LogP contribution in [0.3, 0.4) is 0 Å². The number of carbonyl (C=O) groups excluding carboxylic acids is 1. The number of aliphatic hydroxyl groups is 1. The van der Waals surface area contributed by atoms with Crippen molar-refractivity contribution in [1.82, 2.24) is 5.32 Å². The van der Waals surface area contributed by atoms with Crippen molar-refractivity contribution in [1.29, 1.82) is 0 Å². The number of hydrogen-bond donors (Lipinski definition) is 2. The molecule has 1 aromatic carbocycles. The van der Waals surface area contributed by atoms with Gasteiger partial charge in [-0.1, -0.05) is 18.2 Å². The number of aliphatic hydroxyl groups excluding tert-OH is 1. The van der Waals surface area contributed by atoms with Crippen LogP contribution >= 0.6 is 0 Å². The van der Waals surface area contributed by atoms with Gasteiger partial charge in [-0.25, -0.2) is 0 Å². The maximum Gasteiger partial charge on any atom is 0.258 e. The molecule has 0 aromatic heterocycles. The summed E-state index contributed by atoms with van der Waals surface area (Å²) in [6.07, 6.45) is 0. The standard InChI is InChI=1S/C12H17NO4/c14-7-9-16-8-6-13-12(15)10-17-11-4-2-1-3-5-11/h1-5,14H,6-10H2,(H,13,15). The molecular formula is C12H17NO4. The van der Waals surface area contributed by atoms with Gasteiger partial charge in [-0.3, -0.25) is 4.79 Å². The maximum atomic E-state index is 11.3. The first-order valence-corrected chi connectivity index (χ1v) is 5.46. The van der Waals surface area contributed by atoms with Gasteiger partial charge in [0.25, 0.3) is 5.91 Å². The first-order chi connectivity index (χ1) is 8.33. The topological polar surface area (TPSA) is 67.8 Å². The summed E-state index contributed by atoms with van der Waals surface area (Å²) in [5.41, 5.74) is 0. The molecule has 5 heteroatoms. The first-order valence-electron chi connectivity index (χ1n) is 5.46. The molecule has 0 spiro atoms. The fraction of sp³-hybridized carbons (Fsp3) is 0.417. The van der Waals surface area contributed by atoms with Crippen molar-refractivity contribution in [3.05, 3.63) is 30.3 Å². The number of para-hydroxylation sites is 1. The summed E-state index contributed by atoms with van der Waals surface area (Å²) in [6, 6.07) is 9.15. The van der Waals surface area contributed by atoms with Crippen molar-refractivity contribution >= 4 is 5.91 Å². The Morgan fingerprint density at radius 2 is 2.00 bits per heavy atom. The Morgan fingerprint density at radius 1 is 1.24 bits per heavy atom. The average Bonchev–Trinajstić information content (AvgIpc) is 2.37. The molecule has 1 aromatic rings. The van der Waals surface area contributed by atoms with Crippen LogP contribution in [0.1, 0.15) is 0 Å². The molecule has 1 rings (SSSR count). The van der Waals surface area contributed by atoms with Gasteiger partial charge >= 0.3 is 0 Å². The Kier molecular flexibility index (Phi) is 6.78. The smallest absolute Gasteiger partial charge is 0.258 e. The van der Waals surface area contributed by atoms with E-state index in [1.54, 1.807) is 12.1 Å². The minimum atomic E-state index is -0.193. The molecule has 94 valence electrons. The van der Waals surface area contributed by atoms with Gasteiger partial charge in [0, 0.05) is 6.54 Å². The van der Waals surface area contributed by atoms with E-state index in [0.29, 0.717) is 18.9 Å². The predicted octanol–water partition coefficient (Wildman–Crippen LogP) is 0.190. The highest BCUT2D eigenvalue weighted by Gasteiger charge is 2.01. The van der Waals surface area contributed by atoms with Crippen molar-refractivity contribution in [2.24, 2.45) is 0 Å². The van der Waals surface area contributed by atoms with Gasteiger partial charge in [-0.15, -0.1) is 0 Å². The number of ether oxygens (including phenoxy) is 2. The van der Waals surface area contributed by atoms with Crippen LogP contribution in [0.25, 0.3) is 0 Å². The lowest BCUT2D eigenvalue weighted by Crippen LogP contribution is -2.31. The minimum Gasteiger partial charge on any atom is -0.484 e. The molecule has 0 saturated carbocycles. The SMILES string of the molecule is O=C(COc1ccccc1)NCCOCCO. The van der Waals surface area contributed by atoms with Crippen LogP contribution in [0.2, 0.25) is 0 Å². The Balaban J connectivity index is 2.05. The van der Waals surface area contributed by atoms with Crippen LogP contribution in [-0.2, 0) is 9.53 Å². The highest BCUT2D eigenvalue weighted by Crippen LogP contribution is 2.07. The predicted molar refractivity (Wildman–Crippen MR) is 62.9 cm³/mol. The zero-order chi connectivity index (χ0) is 12.3. The van der Waals surface area contributed by atoms with E-state index in [0.717, 1.165) is 0 Å². The summed E-state index contributed by atoms with van der Waals surface area (Å²) in [7, 11) is 0. The minimum absolute atomic E-state index is 0.00886. The van der Waals surface area contributed by atoms with Gasteiger partial charge in [0.2, 0.25) is 0 Å². The van der Waals surface area contributed by atoms with Crippen molar-refractivity contribution in [3.8, 4) is 5.75 Å². The summed E-state index contributed by atoms with van der Waals surface area (Å²) < 4.78 is 10.2. The quantitative estimate of drug-likeness (QED) is 0.635. The van der Waals surface area contributed by atoms with Crippen LogP contribution in [0.15, 0.2) is 30.3 Å². The van der Waals surface area contributed by atoms with Crippen molar-refractivity contribution in [2.75, 3.05) is 33.0 Å². The molecule has 0 radical (unpaired) electrons. The Bertz CT molecular complexity index is 316. The van der Waals surface area contributed by atoms with E-state index in [-0.39, 0.29) is 25.7 Å². The highest BCUT2D eigenvalue weighted by molar-refractivity contribution is 5.77. The second-order valence-electron chi connectivity index (χ2n) is 3.29. The van der Waals surface area contributed by atoms with Crippen LogP contribution in [0.4, 0.5) is 0 Å². The molecule has 0 bridgehead atoms. The number of amides is 1. The zero-order valence-electron chi connectivity index (χ0n) is 9.59. The van der Waals surface area contributed by atoms with Gasteiger partial charge < -0.3 is 19.9 Å². The normalized spacial score (nSPS) is 9.94. The fourth-order valence-electron chi connectivity index (χ4n) is 1.15. The molecule has 0 fully saturated rings. The van der Waals surface area contributed by atoms with E-state index in [2.05, 4.69) is 5.32 Å². The van der Waals surface area contributed by atoms with Crippen molar-refractivity contribution < 1.29 is 19.4 Å². The van der Waals surface area contributed by atoms with Crippen LogP contribution in [0, 0.1) is 0 Å². The van der Waals surface area contributed by atoms with Crippen LogP contribution in [-0.4, -0.2) is 44.0 Å². The molecule has 5 nitrogen and oxygen atoms in total. The molecule has 0 heterocycles. The van der Waals surface area contributed by atoms with E-state index in [9.17, 15) is 4.79 Å². The summed E-state index contributed by atoms with van der Waals surface area (Å²) in [5.74, 6) is 0.473. The van der Waals surface area contributed by atoms with E-state index in [4.69, 9.17) is 14.6 Å². The van der Waals surface area contributed by atoms with E-state index in [1.165, 1.54) is 0 Å². The summed E-state index contributed by atoms with van der Waals surface area (Å²) in [5, 5.41) is 11.1. The van der Waals surface area contributed by atoms with E-state index >= 15 is 0 Å². The second kappa shape index (κ2) is 8.55. The molecule has 0 aliphatic rings. The Morgan fingerprint density at radius 3 is 2.71 bits per heavy atom. The molecular weight excluding hydrogens is 222 g/mol. The Hall–Kier alpha value is -1.59. The lowest BCUT2D eigenvalue weighted by atomic mass is 10.3. The third-order valence-corrected chi connectivity index (χ3v) is 1.92. The molecule has 0 atom stereocenters. The summed E-state index contributed by atoms with van der Waals surface area (Å²) >= 11 is 0. The highest BCUT2D eigenvalue weighted by atomic mass is 16.5. The second-order valence-corrected chi connectivity index (χ2v) is 3.29. The van der Waals surface area contributed by atoms with Gasteiger partial charge in [-0.05, 0) is 12.1 Å². The van der Waals surface area contributed by atoms with Gasteiger partial charge in [-0.2, -0.15) is 0 Å². The van der Waals surface area contributed by atoms with Crippen molar-refractivity contribution in [3.63, 3.8) is 0 Å². The van der Waals surface area contributed by atoms with Gasteiger partial charge in [0.05, 0.1) is 19.8 Å².